The van der Waals surface area contributed by atoms with Crippen LogP contribution in [0.4, 0.5) is 0 Å². The molecule has 2 nitrogen and oxygen atoms in total. The maximum absolute atomic E-state index is 4.59. The van der Waals surface area contributed by atoms with Crippen molar-refractivity contribution in [2.45, 2.75) is 19.3 Å². The molecule has 0 unspecified atom stereocenters. The predicted molar refractivity (Wildman–Crippen MR) is 65.9 cm³/mol. The first-order valence-corrected chi connectivity index (χ1v) is 5.32. The number of aromatic nitrogens is 2. The third-order valence-corrected chi connectivity index (χ3v) is 2.37. The third-order valence-electron chi connectivity index (χ3n) is 2.37. The lowest BCUT2D eigenvalue weighted by molar-refractivity contribution is 0.639. The van der Waals surface area contributed by atoms with Crippen molar-refractivity contribution in [3.8, 4) is 11.4 Å². The standard InChI is InChI=1S/C14H15N2/c1-14(2,3)13-9-6-8-12(16-13)11-7-4-5-10-15-11/h4-10H,1H2,2-3H3. The van der Waals surface area contributed by atoms with Gasteiger partial charge >= 0.3 is 0 Å². The molecule has 0 saturated heterocycles. The molecule has 0 fully saturated rings. The van der Waals surface area contributed by atoms with Crippen molar-refractivity contribution >= 4 is 0 Å². The molecule has 2 aromatic rings. The highest BCUT2D eigenvalue weighted by Crippen LogP contribution is 2.22. The Morgan fingerprint density at radius 3 is 2.38 bits per heavy atom. The summed E-state index contributed by atoms with van der Waals surface area (Å²) >= 11 is 0. The summed E-state index contributed by atoms with van der Waals surface area (Å²) in [7, 11) is 0. The monoisotopic (exact) mass is 211 g/mol. The molecule has 0 atom stereocenters. The largest absolute Gasteiger partial charge is 0.255 e. The highest BCUT2D eigenvalue weighted by Gasteiger charge is 2.15. The van der Waals surface area contributed by atoms with E-state index >= 15 is 0 Å². The van der Waals surface area contributed by atoms with E-state index in [2.05, 4.69) is 30.7 Å². The van der Waals surface area contributed by atoms with Gasteiger partial charge in [0.1, 0.15) is 0 Å². The highest BCUT2D eigenvalue weighted by molar-refractivity contribution is 5.53. The Labute approximate surface area is 96.4 Å². The van der Waals surface area contributed by atoms with Gasteiger partial charge in [-0.05, 0) is 31.2 Å². The molecule has 2 aromatic heterocycles. The quantitative estimate of drug-likeness (QED) is 0.762. The van der Waals surface area contributed by atoms with Crippen LogP contribution < -0.4 is 0 Å². The van der Waals surface area contributed by atoms with Gasteiger partial charge in [-0.3, -0.25) is 9.97 Å². The maximum Gasteiger partial charge on any atom is 0.0889 e. The van der Waals surface area contributed by atoms with E-state index in [9.17, 15) is 0 Å². The minimum absolute atomic E-state index is 0.176. The second kappa shape index (κ2) is 4.05. The number of hydrogen-bond acceptors (Lipinski definition) is 2. The van der Waals surface area contributed by atoms with E-state index in [-0.39, 0.29) is 5.41 Å². The van der Waals surface area contributed by atoms with E-state index in [4.69, 9.17) is 0 Å². The minimum Gasteiger partial charge on any atom is -0.255 e. The summed E-state index contributed by atoms with van der Waals surface area (Å²) in [6.45, 7) is 8.20. The molecule has 2 rings (SSSR count). The number of rotatable bonds is 2. The van der Waals surface area contributed by atoms with Gasteiger partial charge in [-0.1, -0.05) is 26.0 Å². The zero-order valence-corrected chi connectivity index (χ0v) is 9.64. The van der Waals surface area contributed by atoms with Crippen LogP contribution in [0.3, 0.4) is 0 Å². The van der Waals surface area contributed by atoms with E-state index in [1.54, 1.807) is 6.20 Å². The fourth-order valence-electron chi connectivity index (χ4n) is 1.47. The van der Waals surface area contributed by atoms with Crippen molar-refractivity contribution in [2.24, 2.45) is 0 Å². The van der Waals surface area contributed by atoms with Crippen LogP contribution in [0.5, 0.6) is 0 Å². The van der Waals surface area contributed by atoms with Crippen molar-refractivity contribution in [1.82, 2.24) is 9.97 Å². The fourth-order valence-corrected chi connectivity index (χ4v) is 1.47. The normalized spacial score (nSPS) is 11.4. The first-order valence-electron chi connectivity index (χ1n) is 5.32. The van der Waals surface area contributed by atoms with Crippen LogP contribution in [0.15, 0.2) is 42.6 Å². The van der Waals surface area contributed by atoms with E-state index in [1.807, 2.05) is 36.4 Å². The Hall–Kier alpha value is -1.70. The molecule has 0 spiro atoms. The summed E-state index contributed by atoms with van der Waals surface area (Å²) in [6, 6.07) is 11.8. The molecule has 0 saturated carbocycles. The predicted octanol–water partition coefficient (Wildman–Crippen LogP) is 3.26. The van der Waals surface area contributed by atoms with E-state index in [0.717, 1.165) is 17.1 Å². The maximum atomic E-state index is 4.59. The molecule has 2 heterocycles. The minimum atomic E-state index is -0.176. The third kappa shape index (κ3) is 2.27. The van der Waals surface area contributed by atoms with Crippen molar-refractivity contribution < 1.29 is 0 Å². The van der Waals surface area contributed by atoms with Gasteiger partial charge in [0.05, 0.1) is 11.4 Å². The Morgan fingerprint density at radius 2 is 1.75 bits per heavy atom. The Morgan fingerprint density at radius 1 is 1.00 bits per heavy atom. The molecule has 0 aliphatic heterocycles. The SMILES string of the molecule is [CH2]C(C)(C)c1cccc(-c2ccccn2)n1. The Balaban J connectivity index is 2.45. The smallest absolute Gasteiger partial charge is 0.0889 e. The molecule has 0 bridgehead atoms. The lowest BCUT2D eigenvalue weighted by Crippen LogP contribution is -2.14. The van der Waals surface area contributed by atoms with E-state index in [0.29, 0.717) is 0 Å². The molecule has 0 aliphatic carbocycles. The second-order valence-corrected chi connectivity index (χ2v) is 4.51. The Kier molecular flexibility index (Phi) is 2.73. The van der Waals surface area contributed by atoms with Crippen molar-refractivity contribution in [2.75, 3.05) is 0 Å². The summed E-state index contributed by atoms with van der Waals surface area (Å²) in [4.78, 5) is 8.88. The van der Waals surface area contributed by atoms with Crippen LogP contribution in [0, 0.1) is 6.92 Å². The molecular weight excluding hydrogens is 196 g/mol. The van der Waals surface area contributed by atoms with Crippen LogP contribution in [-0.2, 0) is 5.41 Å². The van der Waals surface area contributed by atoms with Gasteiger partial charge in [0.2, 0.25) is 0 Å². The first kappa shape index (κ1) is 10.8. The molecule has 1 radical (unpaired) electrons. The molecule has 16 heavy (non-hydrogen) atoms. The topological polar surface area (TPSA) is 25.8 Å². The van der Waals surface area contributed by atoms with Crippen LogP contribution in [-0.4, -0.2) is 9.97 Å². The molecule has 0 N–H and O–H groups in total. The van der Waals surface area contributed by atoms with Gasteiger partial charge in [0.15, 0.2) is 0 Å². The molecule has 0 aromatic carbocycles. The van der Waals surface area contributed by atoms with E-state index < -0.39 is 0 Å². The zero-order valence-electron chi connectivity index (χ0n) is 9.64. The number of pyridine rings is 2. The lowest BCUT2D eigenvalue weighted by atomic mass is 9.91. The number of nitrogens with zero attached hydrogens (tertiary/aromatic N) is 2. The summed E-state index contributed by atoms with van der Waals surface area (Å²) in [5, 5.41) is 0. The molecular formula is C14H15N2. The summed E-state index contributed by atoms with van der Waals surface area (Å²) in [5.74, 6) is 0. The van der Waals surface area contributed by atoms with Gasteiger partial charge in [-0.25, -0.2) is 0 Å². The van der Waals surface area contributed by atoms with Crippen molar-refractivity contribution in [3.63, 3.8) is 0 Å². The van der Waals surface area contributed by atoms with Crippen LogP contribution in [0.25, 0.3) is 11.4 Å². The summed E-state index contributed by atoms with van der Waals surface area (Å²) in [5.41, 5.74) is 2.60. The van der Waals surface area contributed by atoms with E-state index in [1.165, 1.54) is 0 Å². The fraction of sp³-hybridized carbons (Fsp3) is 0.214. The summed E-state index contributed by atoms with van der Waals surface area (Å²) in [6.07, 6.45) is 1.78. The average Bonchev–Trinajstić information content (AvgIpc) is 2.29. The van der Waals surface area contributed by atoms with Gasteiger partial charge in [-0.2, -0.15) is 0 Å². The van der Waals surface area contributed by atoms with Crippen molar-refractivity contribution in [3.05, 3.63) is 55.2 Å². The van der Waals surface area contributed by atoms with Crippen LogP contribution in [0.2, 0.25) is 0 Å². The zero-order chi connectivity index (χ0) is 11.6. The van der Waals surface area contributed by atoms with Gasteiger partial charge < -0.3 is 0 Å². The lowest BCUT2D eigenvalue weighted by Gasteiger charge is -2.17. The average molecular weight is 211 g/mol. The second-order valence-electron chi connectivity index (χ2n) is 4.51. The first-order chi connectivity index (χ1) is 7.57. The molecule has 0 aliphatic rings. The van der Waals surface area contributed by atoms with Gasteiger partial charge in [0.25, 0.3) is 0 Å². The Bertz CT molecular complexity index is 470. The van der Waals surface area contributed by atoms with Gasteiger partial charge in [-0.15, -0.1) is 0 Å². The molecule has 81 valence electrons. The van der Waals surface area contributed by atoms with Gasteiger partial charge in [0, 0.05) is 17.3 Å². The van der Waals surface area contributed by atoms with Crippen molar-refractivity contribution in [1.29, 1.82) is 0 Å². The van der Waals surface area contributed by atoms with Crippen LogP contribution in [0.1, 0.15) is 19.5 Å². The highest BCUT2D eigenvalue weighted by atomic mass is 14.8. The molecule has 2 heteroatoms. The summed E-state index contributed by atoms with van der Waals surface area (Å²) < 4.78 is 0. The number of hydrogen-bond donors (Lipinski definition) is 0. The molecule has 0 amide bonds. The van der Waals surface area contributed by atoms with Crippen LogP contribution >= 0.6 is 0 Å².